The van der Waals surface area contributed by atoms with Crippen LogP contribution in [0, 0.1) is 5.92 Å². The van der Waals surface area contributed by atoms with Crippen molar-refractivity contribution in [3.05, 3.63) is 35.4 Å². The summed E-state index contributed by atoms with van der Waals surface area (Å²) in [5.41, 5.74) is 0.798. The summed E-state index contributed by atoms with van der Waals surface area (Å²) in [7, 11) is 0. The highest BCUT2D eigenvalue weighted by Gasteiger charge is 2.44. The molecule has 0 spiro atoms. The quantitative estimate of drug-likeness (QED) is 0.505. The van der Waals surface area contributed by atoms with Crippen molar-refractivity contribution < 1.29 is 19.1 Å². The van der Waals surface area contributed by atoms with Gasteiger partial charge in [-0.3, -0.25) is 9.59 Å². The van der Waals surface area contributed by atoms with Crippen molar-refractivity contribution in [2.45, 2.75) is 117 Å². The molecule has 1 saturated carbocycles. The molecule has 0 bridgehead atoms. The largest absolute Gasteiger partial charge is 0.444 e. The molecular formula is C28H45N3O4. The Hall–Kier alpha value is -2.57. The van der Waals surface area contributed by atoms with Gasteiger partial charge in [-0.2, -0.15) is 0 Å². The van der Waals surface area contributed by atoms with Gasteiger partial charge in [-0.15, -0.1) is 0 Å². The molecule has 2 unspecified atom stereocenters. The van der Waals surface area contributed by atoms with Crippen LogP contribution in [0.25, 0.3) is 0 Å². The number of aryl methyl sites for hydroxylation is 1. The monoisotopic (exact) mass is 487 g/mol. The highest BCUT2D eigenvalue weighted by molar-refractivity contribution is 5.92. The summed E-state index contributed by atoms with van der Waals surface area (Å²) >= 11 is 0. The van der Waals surface area contributed by atoms with Gasteiger partial charge in [0.2, 0.25) is 11.8 Å². The van der Waals surface area contributed by atoms with E-state index in [1.165, 1.54) is 0 Å². The van der Waals surface area contributed by atoms with Gasteiger partial charge in [0.1, 0.15) is 17.7 Å². The number of nitrogens with one attached hydrogen (secondary N) is 2. The van der Waals surface area contributed by atoms with Crippen LogP contribution in [0.3, 0.4) is 0 Å². The Labute approximate surface area is 211 Å². The highest BCUT2D eigenvalue weighted by atomic mass is 16.6. The van der Waals surface area contributed by atoms with E-state index in [0.29, 0.717) is 6.42 Å². The van der Waals surface area contributed by atoms with E-state index >= 15 is 0 Å². The van der Waals surface area contributed by atoms with Crippen LogP contribution in [0.15, 0.2) is 24.3 Å². The van der Waals surface area contributed by atoms with Crippen LogP contribution in [-0.2, 0) is 20.7 Å². The lowest BCUT2D eigenvalue weighted by Crippen LogP contribution is -2.55. The first kappa shape index (κ1) is 28.7. The van der Waals surface area contributed by atoms with E-state index in [9.17, 15) is 14.4 Å². The number of alkyl carbamates (subject to hydrolysis) is 1. The SMILES string of the molecule is CCc1ccc(C(C(=O)NC(C)(C)C)N(C(=O)C(CC(C)C)NC(=O)OC(C)(C)C)C2CC2)cc1. The van der Waals surface area contributed by atoms with Crippen molar-refractivity contribution in [1.82, 2.24) is 15.5 Å². The van der Waals surface area contributed by atoms with E-state index in [4.69, 9.17) is 4.74 Å². The summed E-state index contributed by atoms with van der Waals surface area (Å²) in [6, 6.07) is 6.28. The molecule has 1 aliphatic carbocycles. The summed E-state index contributed by atoms with van der Waals surface area (Å²) in [5, 5.41) is 5.87. The van der Waals surface area contributed by atoms with E-state index in [1.807, 2.05) is 58.9 Å². The number of carbonyl (C=O) groups is 3. The van der Waals surface area contributed by atoms with Crippen molar-refractivity contribution in [3.8, 4) is 0 Å². The topological polar surface area (TPSA) is 87.7 Å². The van der Waals surface area contributed by atoms with Crippen LogP contribution < -0.4 is 10.6 Å². The molecule has 0 radical (unpaired) electrons. The first-order valence-corrected chi connectivity index (χ1v) is 12.8. The first-order chi connectivity index (χ1) is 16.1. The summed E-state index contributed by atoms with van der Waals surface area (Å²) in [4.78, 5) is 42.0. The summed E-state index contributed by atoms with van der Waals surface area (Å²) in [6.45, 7) is 17.2. The van der Waals surface area contributed by atoms with E-state index in [-0.39, 0.29) is 23.8 Å². The van der Waals surface area contributed by atoms with Gasteiger partial charge < -0.3 is 20.3 Å². The second-order valence-corrected chi connectivity index (χ2v) is 12.0. The minimum Gasteiger partial charge on any atom is -0.444 e. The van der Waals surface area contributed by atoms with Crippen molar-refractivity contribution in [2.24, 2.45) is 5.92 Å². The van der Waals surface area contributed by atoms with Crippen molar-refractivity contribution >= 4 is 17.9 Å². The molecule has 35 heavy (non-hydrogen) atoms. The van der Waals surface area contributed by atoms with E-state index in [0.717, 1.165) is 30.4 Å². The maximum absolute atomic E-state index is 14.0. The predicted molar refractivity (Wildman–Crippen MR) is 139 cm³/mol. The Morgan fingerprint density at radius 2 is 1.60 bits per heavy atom. The molecule has 1 aromatic carbocycles. The third kappa shape index (κ3) is 9.19. The lowest BCUT2D eigenvalue weighted by atomic mass is 9.97. The third-order valence-corrected chi connectivity index (χ3v) is 5.62. The summed E-state index contributed by atoms with van der Waals surface area (Å²) in [5.74, 6) is -0.311. The molecule has 2 N–H and O–H groups in total. The number of carbonyl (C=O) groups excluding carboxylic acids is 3. The molecule has 2 rings (SSSR count). The van der Waals surface area contributed by atoms with Gasteiger partial charge in [0, 0.05) is 11.6 Å². The van der Waals surface area contributed by atoms with Crippen molar-refractivity contribution in [3.63, 3.8) is 0 Å². The van der Waals surface area contributed by atoms with Gasteiger partial charge in [-0.1, -0.05) is 45.0 Å². The zero-order chi connectivity index (χ0) is 26.6. The lowest BCUT2D eigenvalue weighted by molar-refractivity contribution is -0.144. The second-order valence-electron chi connectivity index (χ2n) is 12.0. The molecule has 2 atom stereocenters. The average Bonchev–Trinajstić information content (AvgIpc) is 3.53. The first-order valence-electron chi connectivity index (χ1n) is 12.8. The Bertz CT molecular complexity index is 877. The van der Waals surface area contributed by atoms with Gasteiger partial charge in [-0.25, -0.2) is 4.79 Å². The molecule has 7 heteroatoms. The summed E-state index contributed by atoms with van der Waals surface area (Å²) in [6.07, 6.45) is 2.37. The molecule has 0 aromatic heterocycles. The molecule has 7 nitrogen and oxygen atoms in total. The van der Waals surface area contributed by atoms with Crippen molar-refractivity contribution in [1.29, 1.82) is 0 Å². The van der Waals surface area contributed by atoms with Crippen LogP contribution in [0.4, 0.5) is 4.79 Å². The summed E-state index contributed by atoms with van der Waals surface area (Å²) < 4.78 is 5.44. The minimum absolute atomic E-state index is 0.0424. The second kappa shape index (κ2) is 11.4. The molecule has 0 aliphatic heterocycles. The predicted octanol–water partition coefficient (Wildman–Crippen LogP) is 5.14. The van der Waals surface area contributed by atoms with E-state index in [2.05, 4.69) is 17.6 Å². The fraction of sp³-hybridized carbons (Fsp3) is 0.679. The van der Waals surface area contributed by atoms with Crippen molar-refractivity contribution in [2.75, 3.05) is 0 Å². The Balaban J connectivity index is 2.46. The fourth-order valence-electron chi connectivity index (χ4n) is 4.01. The van der Waals surface area contributed by atoms with Gasteiger partial charge in [-0.05, 0) is 84.3 Å². The lowest BCUT2D eigenvalue weighted by Gasteiger charge is -2.36. The fourth-order valence-corrected chi connectivity index (χ4v) is 4.01. The maximum atomic E-state index is 14.0. The van der Waals surface area contributed by atoms with E-state index in [1.54, 1.807) is 25.7 Å². The normalized spacial score (nSPS) is 15.8. The number of benzene rings is 1. The van der Waals surface area contributed by atoms with Crippen LogP contribution in [-0.4, -0.2) is 46.0 Å². The van der Waals surface area contributed by atoms with Gasteiger partial charge in [0.05, 0.1) is 0 Å². The number of amides is 3. The van der Waals surface area contributed by atoms with Crippen LogP contribution in [0.2, 0.25) is 0 Å². The zero-order valence-corrected chi connectivity index (χ0v) is 23.0. The molecular weight excluding hydrogens is 442 g/mol. The average molecular weight is 488 g/mol. The molecule has 0 saturated heterocycles. The zero-order valence-electron chi connectivity index (χ0n) is 23.0. The Morgan fingerprint density at radius 1 is 1.03 bits per heavy atom. The molecule has 0 heterocycles. The third-order valence-electron chi connectivity index (χ3n) is 5.62. The van der Waals surface area contributed by atoms with E-state index < -0.39 is 29.3 Å². The molecule has 1 aromatic rings. The standard InChI is InChI=1S/C28H45N3O4/c1-10-19-11-13-20(14-12-19)23(24(32)30-27(4,5)6)31(21-15-16-21)25(33)22(17-18(2)3)29-26(34)35-28(7,8)9/h11-14,18,21-23H,10,15-17H2,1-9H3,(H,29,34)(H,30,32). The highest BCUT2D eigenvalue weighted by Crippen LogP contribution is 2.36. The number of hydrogen-bond acceptors (Lipinski definition) is 4. The Morgan fingerprint density at radius 3 is 2.03 bits per heavy atom. The molecule has 1 aliphatic rings. The maximum Gasteiger partial charge on any atom is 0.408 e. The molecule has 3 amide bonds. The number of hydrogen-bond donors (Lipinski definition) is 2. The minimum atomic E-state index is -0.787. The van der Waals surface area contributed by atoms with Gasteiger partial charge >= 0.3 is 6.09 Å². The molecule has 196 valence electrons. The van der Waals surface area contributed by atoms with Gasteiger partial charge in [0.15, 0.2) is 0 Å². The number of ether oxygens (including phenoxy) is 1. The smallest absolute Gasteiger partial charge is 0.408 e. The number of rotatable bonds is 9. The van der Waals surface area contributed by atoms with Crippen LogP contribution in [0.5, 0.6) is 0 Å². The van der Waals surface area contributed by atoms with Crippen LogP contribution >= 0.6 is 0 Å². The van der Waals surface area contributed by atoms with Crippen LogP contribution in [0.1, 0.15) is 98.7 Å². The van der Waals surface area contributed by atoms with Gasteiger partial charge in [0.25, 0.3) is 0 Å². The number of nitrogens with zero attached hydrogens (tertiary/aromatic N) is 1. The molecule has 1 fully saturated rings. The Kier molecular flexibility index (Phi) is 9.37.